The van der Waals surface area contributed by atoms with Crippen molar-refractivity contribution in [2.45, 2.75) is 45.3 Å². The van der Waals surface area contributed by atoms with E-state index < -0.39 is 11.7 Å². The predicted octanol–water partition coefficient (Wildman–Crippen LogP) is 3.57. The maximum Gasteiger partial charge on any atom is 0.122 e. The number of halogens is 1. The standard InChI is InChI=1S/C15H23BrO3/c1-5-15(3,19-6-2)14(17)10-11-9-12(16)7-8-13(11)18-4/h7-9,14,17H,5-6,10H2,1-4H3. The molecule has 0 saturated carbocycles. The second kappa shape index (κ2) is 7.27. The molecule has 19 heavy (non-hydrogen) atoms. The molecule has 108 valence electrons. The molecule has 1 N–H and O–H groups in total. The van der Waals surface area contributed by atoms with Gasteiger partial charge in [0.1, 0.15) is 5.75 Å². The lowest BCUT2D eigenvalue weighted by Crippen LogP contribution is -2.43. The third kappa shape index (κ3) is 4.20. The minimum atomic E-state index is -0.569. The lowest BCUT2D eigenvalue weighted by atomic mass is 9.90. The average Bonchev–Trinajstić information content (AvgIpc) is 2.39. The summed E-state index contributed by atoms with van der Waals surface area (Å²) in [4.78, 5) is 0. The summed E-state index contributed by atoms with van der Waals surface area (Å²) in [5.41, 5.74) is 0.450. The van der Waals surface area contributed by atoms with E-state index in [2.05, 4.69) is 15.9 Å². The predicted molar refractivity (Wildman–Crippen MR) is 80.7 cm³/mol. The van der Waals surface area contributed by atoms with E-state index in [0.29, 0.717) is 13.0 Å². The van der Waals surface area contributed by atoms with Crippen LogP contribution < -0.4 is 4.74 Å². The molecule has 0 heterocycles. The summed E-state index contributed by atoms with van der Waals surface area (Å²) in [6, 6.07) is 5.80. The highest BCUT2D eigenvalue weighted by Crippen LogP contribution is 2.28. The molecule has 0 amide bonds. The molecule has 4 heteroatoms. The Hall–Kier alpha value is -0.580. The van der Waals surface area contributed by atoms with Crippen LogP contribution in [0.25, 0.3) is 0 Å². The summed E-state index contributed by atoms with van der Waals surface area (Å²) >= 11 is 3.45. The Morgan fingerprint density at radius 2 is 2.05 bits per heavy atom. The summed E-state index contributed by atoms with van der Waals surface area (Å²) in [5.74, 6) is 0.789. The Morgan fingerprint density at radius 1 is 1.37 bits per heavy atom. The molecule has 1 aromatic carbocycles. The van der Waals surface area contributed by atoms with Crippen LogP contribution in [0.15, 0.2) is 22.7 Å². The van der Waals surface area contributed by atoms with Gasteiger partial charge in [-0.05, 0) is 44.0 Å². The first-order valence-electron chi connectivity index (χ1n) is 6.61. The quantitative estimate of drug-likeness (QED) is 0.830. The highest BCUT2D eigenvalue weighted by atomic mass is 79.9. The van der Waals surface area contributed by atoms with E-state index in [1.807, 2.05) is 39.0 Å². The highest BCUT2D eigenvalue weighted by molar-refractivity contribution is 9.10. The van der Waals surface area contributed by atoms with Gasteiger partial charge in [0.15, 0.2) is 0 Å². The molecule has 0 aliphatic carbocycles. The van der Waals surface area contributed by atoms with E-state index in [1.54, 1.807) is 7.11 Å². The van der Waals surface area contributed by atoms with Crippen molar-refractivity contribution in [3.63, 3.8) is 0 Å². The van der Waals surface area contributed by atoms with Gasteiger partial charge in [-0.25, -0.2) is 0 Å². The molecule has 3 nitrogen and oxygen atoms in total. The summed E-state index contributed by atoms with van der Waals surface area (Å²) in [7, 11) is 1.64. The number of hydrogen-bond acceptors (Lipinski definition) is 3. The first kappa shape index (κ1) is 16.5. The molecule has 1 rings (SSSR count). The van der Waals surface area contributed by atoms with Gasteiger partial charge in [-0.3, -0.25) is 0 Å². The van der Waals surface area contributed by atoms with Crippen LogP contribution in [-0.2, 0) is 11.2 Å². The van der Waals surface area contributed by atoms with Crippen molar-refractivity contribution >= 4 is 15.9 Å². The first-order valence-corrected chi connectivity index (χ1v) is 7.40. The van der Waals surface area contributed by atoms with Gasteiger partial charge in [-0.1, -0.05) is 22.9 Å². The van der Waals surface area contributed by atoms with E-state index in [4.69, 9.17) is 9.47 Å². The van der Waals surface area contributed by atoms with E-state index >= 15 is 0 Å². The van der Waals surface area contributed by atoms with Crippen LogP contribution in [0.4, 0.5) is 0 Å². The van der Waals surface area contributed by atoms with Crippen molar-refractivity contribution in [1.82, 2.24) is 0 Å². The zero-order chi connectivity index (χ0) is 14.5. The summed E-state index contributed by atoms with van der Waals surface area (Å²) in [6.07, 6.45) is 0.700. The fraction of sp³-hybridized carbons (Fsp3) is 0.600. The maximum absolute atomic E-state index is 10.5. The molecule has 0 radical (unpaired) electrons. The Balaban J connectivity index is 2.91. The second-order valence-electron chi connectivity index (χ2n) is 4.78. The van der Waals surface area contributed by atoms with Crippen LogP contribution in [0.2, 0.25) is 0 Å². The van der Waals surface area contributed by atoms with Gasteiger partial charge in [0, 0.05) is 17.5 Å². The smallest absolute Gasteiger partial charge is 0.122 e. The number of benzene rings is 1. The van der Waals surface area contributed by atoms with Crippen LogP contribution in [-0.4, -0.2) is 30.5 Å². The number of aliphatic hydroxyl groups excluding tert-OH is 1. The van der Waals surface area contributed by atoms with Crippen molar-refractivity contribution in [2.75, 3.05) is 13.7 Å². The number of hydrogen-bond donors (Lipinski definition) is 1. The molecule has 1 aromatic rings. The van der Waals surface area contributed by atoms with Gasteiger partial charge in [0.2, 0.25) is 0 Å². The molecule has 0 aliphatic heterocycles. The summed E-state index contributed by atoms with van der Waals surface area (Å²) in [6.45, 7) is 6.51. The second-order valence-corrected chi connectivity index (χ2v) is 5.69. The van der Waals surface area contributed by atoms with Gasteiger partial charge < -0.3 is 14.6 Å². The molecule has 0 fully saturated rings. The molecule has 0 aliphatic rings. The Bertz CT molecular complexity index is 408. The van der Waals surface area contributed by atoms with Gasteiger partial charge in [0.05, 0.1) is 18.8 Å². The topological polar surface area (TPSA) is 38.7 Å². The number of aliphatic hydroxyl groups is 1. The van der Waals surface area contributed by atoms with Gasteiger partial charge in [-0.15, -0.1) is 0 Å². The van der Waals surface area contributed by atoms with Gasteiger partial charge in [0.25, 0.3) is 0 Å². The minimum Gasteiger partial charge on any atom is -0.496 e. The van der Waals surface area contributed by atoms with E-state index in [9.17, 15) is 5.11 Å². The molecule has 0 spiro atoms. The third-order valence-electron chi connectivity index (χ3n) is 3.54. The van der Waals surface area contributed by atoms with Crippen molar-refractivity contribution in [1.29, 1.82) is 0 Å². The summed E-state index contributed by atoms with van der Waals surface area (Å²) in [5, 5.41) is 10.5. The highest BCUT2D eigenvalue weighted by Gasteiger charge is 2.32. The minimum absolute atomic E-state index is 0.507. The monoisotopic (exact) mass is 330 g/mol. The van der Waals surface area contributed by atoms with Crippen LogP contribution in [0.5, 0.6) is 5.75 Å². The van der Waals surface area contributed by atoms with Crippen molar-refractivity contribution in [3.05, 3.63) is 28.2 Å². The molecule has 2 unspecified atom stereocenters. The van der Waals surface area contributed by atoms with Crippen molar-refractivity contribution in [3.8, 4) is 5.75 Å². The fourth-order valence-corrected chi connectivity index (χ4v) is 2.50. The zero-order valence-electron chi connectivity index (χ0n) is 12.1. The first-order chi connectivity index (χ1) is 8.96. The lowest BCUT2D eigenvalue weighted by Gasteiger charge is -2.33. The Kier molecular flexibility index (Phi) is 6.30. The van der Waals surface area contributed by atoms with Gasteiger partial charge >= 0.3 is 0 Å². The molecule has 0 bridgehead atoms. The van der Waals surface area contributed by atoms with Crippen LogP contribution >= 0.6 is 15.9 Å². The van der Waals surface area contributed by atoms with Gasteiger partial charge in [-0.2, -0.15) is 0 Å². The van der Waals surface area contributed by atoms with Crippen LogP contribution in [0, 0.1) is 0 Å². The Labute approximate surface area is 124 Å². The molecule has 0 aromatic heterocycles. The number of ether oxygens (including phenoxy) is 2. The largest absolute Gasteiger partial charge is 0.496 e. The molecular weight excluding hydrogens is 308 g/mol. The van der Waals surface area contributed by atoms with Crippen LogP contribution in [0.1, 0.15) is 32.8 Å². The van der Waals surface area contributed by atoms with Crippen LogP contribution in [0.3, 0.4) is 0 Å². The maximum atomic E-state index is 10.5. The fourth-order valence-electron chi connectivity index (χ4n) is 2.09. The molecule has 2 atom stereocenters. The zero-order valence-corrected chi connectivity index (χ0v) is 13.7. The Morgan fingerprint density at radius 3 is 2.58 bits per heavy atom. The third-order valence-corrected chi connectivity index (χ3v) is 4.03. The van der Waals surface area contributed by atoms with Crippen molar-refractivity contribution < 1.29 is 14.6 Å². The van der Waals surface area contributed by atoms with E-state index in [0.717, 1.165) is 22.2 Å². The van der Waals surface area contributed by atoms with Crippen molar-refractivity contribution in [2.24, 2.45) is 0 Å². The summed E-state index contributed by atoms with van der Waals surface area (Å²) < 4.78 is 12.0. The lowest BCUT2D eigenvalue weighted by molar-refractivity contribution is -0.110. The number of methoxy groups -OCH3 is 1. The number of rotatable bonds is 7. The normalized spacial score (nSPS) is 15.9. The SMILES string of the molecule is CCOC(C)(CC)C(O)Cc1cc(Br)ccc1OC. The van der Waals surface area contributed by atoms with E-state index in [-0.39, 0.29) is 0 Å². The average molecular weight is 331 g/mol. The molecule has 0 saturated heterocycles. The molecular formula is C15H23BrO3. The van der Waals surface area contributed by atoms with E-state index in [1.165, 1.54) is 0 Å².